The van der Waals surface area contributed by atoms with Crippen molar-refractivity contribution >= 4 is 21.9 Å². The van der Waals surface area contributed by atoms with E-state index in [1.807, 2.05) is 19.1 Å². The van der Waals surface area contributed by atoms with Crippen molar-refractivity contribution < 1.29 is 9.90 Å². The van der Waals surface area contributed by atoms with Gasteiger partial charge >= 0.3 is 5.97 Å². The summed E-state index contributed by atoms with van der Waals surface area (Å²) in [5.41, 5.74) is 0. The van der Waals surface area contributed by atoms with Crippen LogP contribution in [0.3, 0.4) is 0 Å². The van der Waals surface area contributed by atoms with E-state index in [0.717, 1.165) is 6.42 Å². The first-order chi connectivity index (χ1) is 5.60. The maximum absolute atomic E-state index is 10.8. The number of halogens is 1. The van der Waals surface area contributed by atoms with Gasteiger partial charge < -0.3 is 5.11 Å². The van der Waals surface area contributed by atoms with E-state index in [1.165, 1.54) is 0 Å². The van der Waals surface area contributed by atoms with Crippen LogP contribution in [-0.2, 0) is 4.79 Å². The van der Waals surface area contributed by atoms with Crippen LogP contribution in [0.4, 0.5) is 0 Å². The molecule has 1 rings (SSSR count). The number of alkyl halides is 1. The van der Waals surface area contributed by atoms with E-state index >= 15 is 0 Å². The zero-order valence-electron chi connectivity index (χ0n) is 6.83. The Bertz CT molecular complexity index is 245. The van der Waals surface area contributed by atoms with Crippen molar-refractivity contribution in [3.63, 3.8) is 0 Å². The molecule has 2 unspecified atom stereocenters. The Hall–Kier alpha value is -0.570. The summed E-state index contributed by atoms with van der Waals surface area (Å²) in [5, 5.41) is 8.89. The largest absolute Gasteiger partial charge is 0.481 e. The Morgan fingerprint density at radius 3 is 2.75 bits per heavy atom. The Kier molecular flexibility index (Phi) is 2.73. The lowest BCUT2D eigenvalue weighted by Crippen LogP contribution is -2.34. The topological polar surface area (TPSA) is 37.3 Å². The summed E-state index contributed by atoms with van der Waals surface area (Å²) in [7, 11) is 0. The summed E-state index contributed by atoms with van der Waals surface area (Å²) < 4.78 is -0.395. The molecule has 0 aromatic rings. The summed E-state index contributed by atoms with van der Waals surface area (Å²) in [6, 6.07) is 0. The smallest absolute Gasteiger partial charge is 0.312 e. The predicted molar refractivity (Wildman–Crippen MR) is 51.4 cm³/mol. The molecule has 0 amide bonds. The van der Waals surface area contributed by atoms with Gasteiger partial charge in [-0.05, 0) is 6.42 Å². The van der Waals surface area contributed by atoms with Crippen LogP contribution in [0, 0.1) is 5.92 Å². The molecule has 0 saturated heterocycles. The first kappa shape index (κ1) is 9.52. The van der Waals surface area contributed by atoms with Crippen LogP contribution < -0.4 is 0 Å². The number of carboxylic acid groups (broad SMARTS) is 1. The third kappa shape index (κ3) is 1.61. The SMILES string of the molecule is CCC1(Br)C=CC=CC1C(=O)O. The van der Waals surface area contributed by atoms with Crippen LogP contribution in [0.5, 0.6) is 0 Å². The zero-order chi connectivity index (χ0) is 9.19. The molecule has 0 aromatic carbocycles. The Labute approximate surface area is 80.1 Å². The van der Waals surface area contributed by atoms with Gasteiger partial charge in [-0.2, -0.15) is 0 Å². The van der Waals surface area contributed by atoms with Crippen LogP contribution in [0.1, 0.15) is 13.3 Å². The van der Waals surface area contributed by atoms with Gasteiger partial charge in [0, 0.05) is 0 Å². The number of hydrogen-bond acceptors (Lipinski definition) is 1. The first-order valence-corrected chi connectivity index (χ1v) is 4.67. The molecule has 0 aliphatic heterocycles. The number of hydrogen-bond donors (Lipinski definition) is 1. The molecule has 0 fully saturated rings. The fourth-order valence-electron chi connectivity index (χ4n) is 1.28. The van der Waals surface area contributed by atoms with Crippen molar-refractivity contribution in [3.05, 3.63) is 24.3 Å². The maximum Gasteiger partial charge on any atom is 0.312 e. The lowest BCUT2D eigenvalue weighted by molar-refractivity contribution is -0.140. The van der Waals surface area contributed by atoms with Crippen LogP contribution >= 0.6 is 15.9 Å². The quantitative estimate of drug-likeness (QED) is 0.740. The molecule has 0 saturated carbocycles. The molecule has 66 valence electrons. The highest BCUT2D eigenvalue weighted by molar-refractivity contribution is 9.10. The van der Waals surface area contributed by atoms with Crippen molar-refractivity contribution in [2.45, 2.75) is 17.7 Å². The highest BCUT2D eigenvalue weighted by Gasteiger charge is 2.36. The lowest BCUT2D eigenvalue weighted by Gasteiger charge is -2.28. The number of carboxylic acids is 1. The normalized spacial score (nSPS) is 33.7. The van der Waals surface area contributed by atoms with Gasteiger partial charge in [-0.1, -0.05) is 47.2 Å². The van der Waals surface area contributed by atoms with Crippen molar-refractivity contribution in [2.24, 2.45) is 5.92 Å². The van der Waals surface area contributed by atoms with Crippen LogP contribution in [0.2, 0.25) is 0 Å². The minimum Gasteiger partial charge on any atom is -0.481 e. The van der Waals surface area contributed by atoms with E-state index in [-0.39, 0.29) is 0 Å². The average molecular weight is 231 g/mol. The van der Waals surface area contributed by atoms with Gasteiger partial charge in [-0.15, -0.1) is 0 Å². The fraction of sp³-hybridized carbons (Fsp3) is 0.444. The van der Waals surface area contributed by atoms with Crippen molar-refractivity contribution in [1.29, 1.82) is 0 Å². The minimum atomic E-state index is -0.783. The van der Waals surface area contributed by atoms with Crippen molar-refractivity contribution in [2.75, 3.05) is 0 Å². The number of allylic oxidation sites excluding steroid dienone is 3. The van der Waals surface area contributed by atoms with E-state index in [2.05, 4.69) is 15.9 Å². The highest BCUT2D eigenvalue weighted by Crippen LogP contribution is 2.36. The standard InChI is InChI=1S/C9H11BrO2/c1-2-9(10)6-4-3-5-7(9)8(11)12/h3-7H,2H2,1H3,(H,11,12). The van der Waals surface area contributed by atoms with E-state index in [4.69, 9.17) is 5.11 Å². The molecule has 1 aliphatic carbocycles. The van der Waals surface area contributed by atoms with Gasteiger partial charge in [0.05, 0.1) is 10.2 Å². The van der Waals surface area contributed by atoms with E-state index in [1.54, 1.807) is 12.2 Å². The average Bonchev–Trinajstić information content (AvgIpc) is 2.05. The Morgan fingerprint density at radius 1 is 1.67 bits per heavy atom. The second-order valence-corrected chi connectivity index (χ2v) is 4.32. The zero-order valence-corrected chi connectivity index (χ0v) is 8.41. The number of rotatable bonds is 2. The third-order valence-electron chi connectivity index (χ3n) is 2.11. The molecule has 0 radical (unpaired) electrons. The summed E-state index contributed by atoms with van der Waals surface area (Å²) in [6.07, 6.45) is 8.02. The van der Waals surface area contributed by atoms with Gasteiger partial charge in [0.25, 0.3) is 0 Å². The molecule has 0 spiro atoms. The fourth-order valence-corrected chi connectivity index (χ4v) is 1.78. The molecule has 3 heteroatoms. The number of aliphatic carboxylic acids is 1. The van der Waals surface area contributed by atoms with E-state index < -0.39 is 16.2 Å². The van der Waals surface area contributed by atoms with Gasteiger partial charge in [0.15, 0.2) is 0 Å². The van der Waals surface area contributed by atoms with Crippen molar-refractivity contribution in [3.8, 4) is 0 Å². The lowest BCUT2D eigenvalue weighted by atomic mass is 9.86. The summed E-state index contributed by atoms with van der Waals surface area (Å²) in [6.45, 7) is 1.97. The maximum atomic E-state index is 10.8. The summed E-state index contributed by atoms with van der Waals surface area (Å²) in [4.78, 5) is 10.8. The monoisotopic (exact) mass is 230 g/mol. The third-order valence-corrected chi connectivity index (χ3v) is 3.43. The summed E-state index contributed by atoms with van der Waals surface area (Å²) in [5.74, 6) is -1.23. The molecule has 2 nitrogen and oxygen atoms in total. The predicted octanol–water partition coefficient (Wildman–Crippen LogP) is 2.36. The van der Waals surface area contributed by atoms with Crippen LogP contribution in [0.15, 0.2) is 24.3 Å². The molecule has 2 atom stereocenters. The molecular formula is C9H11BrO2. The molecule has 1 aliphatic rings. The molecule has 1 N–H and O–H groups in total. The Balaban J connectivity index is 2.92. The van der Waals surface area contributed by atoms with Gasteiger partial charge in [0.1, 0.15) is 0 Å². The summed E-state index contributed by atoms with van der Waals surface area (Å²) >= 11 is 3.44. The van der Waals surface area contributed by atoms with E-state index in [0.29, 0.717) is 0 Å². The first-order valence-electron chi connectivity index (χ1n) is 3.88. The molecular weight excluding hydrogens is 220 g/mol. The second kappa shape index (κ2) is 3.44. The van der Waals surface area contributed by atoms with Crippen LogP contribution in [0.25, 0.3) is 0 Å². The molecule has 12 heavy (non-hydrogen) atoms. The minimum absolute atomic E-state index is 0.395. The second-order valence-electron chi connectivity index (χ2n) is 2.84. The van der Waals surface area contributed by atoms with Crippen molar-refractivity contribution in [1.82, 2.24) is 0 Å². The van der Waals surface area contributed by atoms with Crippen LogP contribution in [-0.4, -0.2) is 15.4 Å². The van der Waals surface area contributed by atoms with Gasteiger partial charge in [0.2, 0.25) is 0 Å². The van der Waals surface area contributed by atoms with E-state index in [9.17, 15) is 4.79 Å². The molecule has 0 aromatic heterocycles. The number of carbonyl (C=O) groups is 1. The Morgan fingerprint density at radius 2 is 2.33 bits per heavy atom. The molecule has 0 bridgehead atoms. The highest BCUT2D eigenvalue weighted by atomic mass is 79.9. The molecule has 0 heterocycles. The van der Waals surface area contributed by atoms with Gasteiger partial charge in [-0.3, -0.25) is 4.79 Å². The van der Waals surface area contributed by atoms with Gasteiger partial charge in [-0.25, -0.2) is 0 Å².